The summed E-state index contributed by atoms with van der Waals surface area (Å²) in [6, 6.07) is 0. The van der Waals surface area contributed by atoms with Crippen molar-refractivity contribution < 1.29 is 9.13 Å². The topological polar surface area (TPSA) is 66.9 Å². The number of H-pyrrole nitrogens is 1. The molecule has 2 aromatic rings. The minimum atomic E-state index is -0.749. The summed E-state index contributed by atoms with van der Waals surface area (Å²) < 4.78 is 18.4. The van der Waals surface area contributed by atoms with Gasteiger partial charge in [-0.3, -0.25) is 0 Å². The van der Waals surface area contributed by atoms with Crippen molar-refractivity contribution >= 4 is 17.0 Å². The Bertz CT molecular complexity index is 508. The number of halogens is 1. The first-order valence-electron chi connectivity index (χ1n) is 5.04. The van der Waals surface area contributed by atoms with Crippen LogP contribution < -0.4 is 4.90 Å². The molecule has 3 rings (SSSR count). The van der Waals surface area contributed by atoms with Crippen LogP contribution in [0.1, 0.15) is 0 Å². The van der Waals surface area contributed by atoms with Gasteiger partial charge in [0, 0.05) is 13.1 Å². The summed E-state index contributed by atoms with van der Waals surface area (Å²) in [4.78, 5) is 16.3. The highest BCUT2D eigenvalue weighted by Gasteiger charge is 2.18. The van der Waals surface area contributed by atoms with Crippen LogP contribution in [-0.2, 0) is 4.74 Å². The monoisotopic (exact) mass is 223 g/mol. The lowest BCUT2D eigenvalue weighted by molar-refractivity contribution is 0.122. The maximum absolute atomic E-state index is 13.2. The Labute approximate surface area is 90.5 Å². The fourth-order valence-corrected chi connectivity index (χ4v) is 1.80. The van der Waals surface area contributed by atoms with Crippen molar-refractivity contribution in [2.75, 3.05) is 31.2 Å². The molecule has 84 valence electrons. The van der Waals surface area contributed by atoms with Crippen LogP contribution in [0.3, 0.4) is 0 Å². The maximum Gasteiger partial charge on any atom is 0.312 e. The fraction of sp³-hybridized carbons (Fsp3) is 0.444. The minimum Gasteiger partial charge on any atom is -0.378 e. The molecular formula is C9H10FN5O. The smallest absolute Gasteiger partial charge is 0.312 e. The van der Waals surface area contributed by atoms with Gasteiger partial charge in [0.25, 0.3) is 0 Å². The van der Waals surface area contributed by atoms with Gasteiger partial charge in [-0.25, -0.2) is 4.98 Å². The molecule has 0 aliphatic carbocycles. The zero-order chi connectivity index (χ0) is 11.0. The summed E-state index contributed by atoms with van der Waals surface area (Å²) >= 11 is 0. The molecule has 0 atom stereocenters. The van der Waals surface area contributed by atoms with Crippen LogP contribution in [0.4, 0.5) is 10.2 Å². The molecule has 1 N–H and O–H groups in total. The van der Waals surface area contributed by atoms with E-state index in [0.717, 1.165) is 0 Å². The summed E-state index contributed by atoms with van der Waals surface area (Å²) in [6.07, 6.45) is 0.740. The van der Waals surface area contributed by atoms with E-state index in [2.05, 4.69) is 19.9 Å². The molecule has 3 heterocycles. The summed E-state index contributed by atoms with van der Waals surface area (Å²) in [5, 5.41) is 0. The van der Waals surface area contributed by atoms with E-state index in [4.69, 9.17) is 4.74 Å². The SMILES string of the molecule is Fc1nc(N2CCOCC2)c2[nH]cnc2n1. The van der Waals surface area contributed by atoms with Gasteiger partial charge in [0.05, 0.1) is 19.5 Å². The molecule has 0 saturated carbocycles. The quantitative estimate of drug-likeness (QED) is 0.705. The van der Waals surface area contributed by atoms with E-state index >= 15 is 0 Å². The third-order valence-corrected chi connectivity index (χ3v) is 2.55. The number of fused-ring (bicyclic) bond motifs is 1. The summed E-state index contributed by atoms with van der Waals surface area (Å²) in [5.74, 6) is 0.559. The van der Waals surface area contributed by atoms with Crippen LogP contribution in [0, 0.1) is 6.08 Å². The van der Waals surface area contributed by atoms with Crippen molar-refractivity contribution in [3.8, 4) is 0 Å². The molecule has 0 radical (unpaired) electrons. The summed E-state index contributed by atoms with van der Waals surface area (Å²) in [5.41, 5.74) is 1.03. The third kappa shape index (κ3) is 1.49. The Morgan fingerprint density at radius 3 is 2.94 bits per heavy atom. The third-order valence-electron chi connectivity index (χ3n) is 2.55. The van der Waals surface area contributed by atoms with E-state index in [0.29, 0.717) is 43.3 Å². The van der Waals surface area contributed by atoms with Crippen molar-refractivity contribution in [1.82, 2.24) is 19.9 Å². The van der Waals surface area contributed by atoms with E-state index in [1.54, 1.807) is 0 Å². The van der Waals surface area contributed by atoms with Crippen molar-refractivity contribution in [2.24, 2.45) is 0 Å². The average Bonchev–Trinajstić information content (AvgIpc) is 2.77. The Morgan fingerprint density at radius 1 is 1.31 bits per heavy atom. The predicted octanol–water partition coefficient (Wildman–Crippen LogP) is 0.329. The molecule has 2 aromatic heterocycles. The van der Waals surface area contributed by atoms with Gasteiger partial charge in [-0.15, -0.1) is 0 Å². The van der Waals surface area contributed by atoms with E-state index < -0.39 is 6.08 Å². The van der Waals surface area contributed by atoms with Gasteiger partial charge in [-0.2, -0.15) is 14.4 Å². The number of aromatic nitrogens is 4. The lowest BCUT2D eigenvalue weighted by Crippen LogP contribution is -2.37. The fourth-order valence-electron chi connectivity index (χ4n) is 1.80. The molecule has 1 aliphatic rings. The number of imidazole rings is 1. The summed E-state index contributed by atoms with van der Waals surface area (Å²) in [6.45, 7) is 2.65. The molecule has 1 aliphatic heterocycles. The standard InChI is InChI=1S/C9H10FN5O/c10-9-13-7-6(11-5-12-7)8(14-9)15-1-3-16-4-2-15/h5H,1-4H2,(H,11,12,13,14). The van der Waals surface area contributed by atoms with Crippen LogP contribution in [0.25, 0.3) is 11.2 Å². The van der Waals surface area contributed by atoms with E-state index in [1.165, 1.54) is 6.33 Å². The van der Waals surface area contributed by atoms with Crippen LogP contribution in [-0.4, -0.2) is 46.2 Å². The lowest BCUT2D eigenvalue weighted by atomic mass is 10.4. The molecule has 0 amide bonds. The number of nitrogens with one attached hydrogen (secondary N) is 1. The normalized spacial score (nSPS) is 16.9. The maximum atomic E-state index is 13.2. The first-order valence-corrected chi connectivity index (χ1v) is 5.04. The number of hydrogen-bond donors (Lipinski definition) is 1. The van der Waals surface area contributed by atoms with Gasteiger partial charge in [-0.1, -0.05) is 0 Å². The number of anilines is 1. The molecule has 7 heteroatoms. The second-order valence-electron chi connectivity index (χ2n) is 3.52. The van der Waals surface area contributed by atoms with Crippen LogP contribution in [0.5, 0.6) is 0 Å². The minimum absolute atomic E-state index is 0.356. The van der Waals surface area contributed by atoms with Crippen molar-refractivity contribution in [1.29, 1.82) is 0 Å². The molecule has 0 aromatic carbocycles. The van der Waals surface area contributed by atoms with E-state index in [9.17, 15) is 4.39 Å². The van der Waals surface area contributed by atoms with E-state index in [-0.39, 0.29) is 0 Å². The van der Waals surface area contributed by atoms with Crippen molar-refractivity contribution in [2.45, 2.75) is 0 Å². The summed E-state index contributed by atoms with van der Waals surface area (Å²) in [7, 11) is 0. The second-order valence-corrected chi connectivity index (χ2v) is 3.52. The van der Waals surface area contributed by atoms with Crippen molar-refractivity contribution in [3.05, 3.63) is 12.4 Å². The molecule has 16 heavy (non-hydrogen) atoms. The number of rotatable bonds is 1. The lowest BCUT2D eigenvalue weighted by Gasteiger charge is -2.27. The van der Waals surface area contributed by atoms with Gasteiger partial charge >= 0.3 is 6.08 Å². The number of morpholine rings is 1. The molecule has 0 bridgehead atoms. The zero-order valence-corrected chi connectivity index (χ0v) is 8.48. The molecule has 0 spiro atoms. The molecule has 6 nitrogen and oxygen atoms in total. The highest BCUT2D eigenvalue weighted by Crippen LogP contribution is 2.21. The van der Waals surface area contributed by atoms with Gasteiger partial charge < -0.3 is 14.6 Å². The van der Waals surface area contributed by atoms with Gasteiger partial charge in [0.2, 0.25) is 0 Å². The largest absolute Gasteiger partial charge is 0.378 e. The molecule has 1 fully saturated rings. The number of nitrogens with zero attached hydrogens (tertiary/aromatic N) is 4. The molecule has 0 unspecified atom stereocenters. The molecule has 1 saturated heterocycles. The van der Waals surface area contributed by atoms with Crippen molar-refractivity contribution in [3.63, 3.8) is 0 Å². The van der Waals surface area contributed by atoms with Crippen LogP contribution in [0.2, 0.25) is 0 Å². The van der Waals surface area contributed by atoms with Crippen LogP contribution in [0.15, 0.2) is 6.33 Å². The van der Waals surface area contributed by atoms with Gasteiger partial charge in [-0.05, 0) is 0 Å². The number of hydrogen-bond acceptors (Lipinski definition) is 5. The Hall–Kier alpha value is -1.76. The van der Waals surface area contributed by atoms with E-state index in [1.807, 2.05) is 4.90 Å². The van der Waals surface area contributed by atoms with Gasteiger partial charge in [0.15, 0.2) is 11.5 Å². The Balaban J connectivity index is 2.09. The Morgan fingerprint density at radius 2 is 2.12 bits per heavy atom. The first-order chi connectivity index (χ1) is 7.84. The average molecular weight is 223 g/mol. The number of aromatic amines is 1. The van der Waals surface area contributed by atoms with Crippen LogP contribution >= 0.6 is 0 Å². The molecular weight excluding hydrogens is 213 g/mol. The zero-order valence-electron chi connectivity index (χ0n) is 8.48. The van der Waals surface area contributed by atoms with Gasteiger partial charge in [0.1, 0.15) is 5.52 Å². The number of ether oxygens (including phenoxy) is 1. The first kappa shape index (κ1) is 9.46. The second kappa shape index (κ2) is 3.67. The highest BCUT2D eigenvalue weighted by molar-refractivity contribution is 5.82. The predicted molar refractivity (Wildman–Crippen MR) is 54.7 cm³/mol. The highest BCUT2D eigenvalue weighted by atomic mass is 19.1. The Kier molecular flexibility index (Phi) is 2.17.